The smallest absolute Gasteiger partial charge is 0.401 e. The highest BCUT2D eigenvalue weighted by Crippen LogP contribution is 2.20. The van der Waals surface area contributed by atoms with Gasteiger partial charge in [-0.25, -0.2) is 4.79 Å². The largest absolute Gasteiger partial charge is 0.500 e. The monoisotopic (exact) mass is 190 g/mol. The van der Waals surface area contributed by atoms with E-state index in [-0.39, 0.29) is 5.75 Å². The maximum absolute atomic E-state index is 11.9. The molecule has 0 N–H and O–H groups in total. The predicted octanol–water partition coefficient (Wildman–Crippen LogP) is 3.31. The maximum Gasteiger partial charge on any atom is 0.500 e. The summed E-state index contributed by atoms with van der Waals surface area (Å²) in [4.78, 5) is 10.1. The molecule has 2 aromatic rings. The molecule has 3 heteroatoms. The highest BCUT2D eigenvalue weighted by atomic mass is 19.1. The van der Waals surface area contributed by atoms with Crippen LogP contribution >= 0.6 is 0 Å². The molecule has 0 atom stereocenters. The van der Waals surface area contributed by atoms with E-state index in [0.717, 1.165) is 10.8 Å². The summed E-state index contributed by atoms with van der Waals surface area (Å²) in [5.74, 6) is 0.219. The summed E-state index contributed by atoms with van der Waals surface area (Å²) in [5, 5.41) is 1.93. The van der Waals surface area contributed by atoms with Crippen LogP contribution in [0.3, 0.4) is 0 Å². The molecular formula is C11H7FO2. The third-order valence-electron chi connectivity index (χ3n) is 1.92. The lowest BCUT2D eigenvalue weighted by molar-refractivity contribution is 0.176. The van der Waals surface area contributed by atoms with E-state index in [1.165, 1.54) is 0 Å². The lowest BCUT2D eigenvalue weighted by Crippen LogP contribution is -1.96. The molecule has 0 aromatic heterocycles. The zero-order chi connectivity index (χ0) is 9.97. The topological polar surface area (TPSA) is 26.3 Å². The van der Waals surface area contributed by atoms with Crippen LogP contribution in [-0.4, -0.2) is 6.22 Å². The van der Waals surface area contributed by atoms with Crippen LogP contribution < -0.4 is 4.74 Å². The summed E-state index contributed by atoms with van der Waals surface area (Å²) in [5.41, 5.74) is 0. The molecule has 0 spiro atoms. The summed E-state index contributed by atoms with van der Waals surface area (Å²) in [6.45, 7) is 0. The van der Waals surface area contributed by atoms with E-state index in [1.54, 1.807) is 18.2 Å². The Balaban J connectivity index is 2.46. The van der Waals surface area contributed by atoms with E-state index in [2.05, 4.69) is 4.74 Å². The Hall–Kier alpha value is -1.90. The van der Waals surface area contributed by atoms with Crippen LogP contribution in [0.15, 0.2) is 42.5 Å². The van der Waals surface area contributed by atoms with Gasteiger partial charge in [-0.15, -0.1) is 4.39 Å². The van der Waals surface area contributed by atoms with Crippen molar-refractivity contribution < 1.29 is 13.9 Å². The van der Waals surface area contributed by atoms with E-state index >= 15 is 0 Å². The Kier molecular flexibility index (Phi) is 2.14. The van der Waals surface area contributed by atoms with Crippen molar-refractivity contribution in [1.82, 2.24) is 0 Å². The van der Waals surface area contributed by atoms with Crippen molar-refractivity contribution in [3.63, 3.8) is 0 Å². The zero-order valence-electron chi connectivity index (χ0n) is 7.24. The van der Waals surface area contributed by atoms with Crippen molar-refractivity contribution in [2.75, 3.05) is 0 Å². The van der Waals surface area contributed by atoms with Crippen molar-refractivity contribution in [3.8, 4) is 5.75 Å². The number of fused-ring (bicyclic) bond motifs is 1. The number of carbonyl (C=O) groups is 1. The van der Waals surface area contributed by atoms with Gasteiger partial charge < -0.3 is 4.74 Å². The molecule has 0 unspecified atom stereocenters. The summed E-state index contributed by atoms with van der Waals surface area (Å²) < 4.78 is 16.2. The van der Waals surface area contributed by atoms with Gasteiger partial charge in [-0.1, -0.05) is 30.3 Å². The zero-order valence-corrected chi connectivity index (χ0v) is 7.24. The summed E-state index contributed by atoms with van der Waals surface area (Å²) >= 11 is 0. The average Bonchev–Trinajstić information content (AvgIpc) is 2.17. The predicted molar refractivity (Wildman–Crippen MR) is 51.1 cm³/mol. The number of hydrogen-bond donors (Lipinski definition) is 0. The van der Waals surface area contributed by atoms with E-state index in [1.807, 2.05) is 24.3 Å². The molecule has 2 aromatic carbocycles. The lowest BCUT2D eigenvalue weighted by Gasteiger charge is -2.00. The number of benzene rings is 2. The van der Waals surface area contributed by atoms with Gasteiger partial charge in [-0.2, -0.15) is 0 Å². The van der Waals surface area contributed by atoms with Gasteiger partial charge in [-0.05, 0) is 22.9 Å². The second-order valence-electron chi connectivity index (χ2n) is 2.85. The Morgan fingerprint density at radius 2 is 1.79 bits per heavy atom. The van der Waals surface area contributed by atoms with Crippen LogP contribution in [0.1, 0.15) is 0 Å². The maximum atomic E-state index is 11.9. The minimum absolute atomic E-state index is 0.219. The first-order chi connectivity index (χ1) is 6.75. The van der Waals surface area contributed by atoms with Gasteiger partial charge in [0, 0.05) is 0 Å². The second-order valence-corrected chi connectivity index (χ2v) is 2.85. The van der Waals surface area contributed by atoms with Gasteiger partial charge >= 0.3 is 6.22 Å². The molecule has 2 rings (SSSR count). The third kappa shape index (κ3) is 1.71. The summed E-state index contributed by atoms with van der Waals surface area (Å²) in [6, 6.07) is 12.5. The molecule has 0 aliphatic rings. The molecule has 70 valence electrons. The first-order valence-electron chi connectivity index (χ1n) is 4.12. The summed E-state index contributed by atoms with van der Waals surface area (Å²) in [7, 11) is 0. The number of carbonyl (C=O) groups excluding carboxylic acids is 1. The fourth-order valence-corrected chi connectivity index (χ4v) is 1.32. The molecule has 0 saturated carbocycles. The number of ether oxygens (including phenoxy) is 1. The van der Waals surface area contributed by atoms with Crippen LogP contribution in [0.2, 0.25) is 0 Å². The number of rotatable bonds is 1. The van der Waals surface area contributed by atoms with Gasteiger partial charge in [0.05, 0.1) is 0 Å². The highest BCUT2D eigenvalue weighted by molar-refractivity contribution is 5.84. The molecule has 0 saturated heterocycles. The van der Waals surface area contributed by atoms with E-state index in [0.29, 0.717) is 0 Å². The highest BCUT2D eigenvalue weighted by Gasteiger charge is 2.01. The molecular weight excluding hydrogens is 183 g/mol. The molecule has 0 amide bonds. The molecule has 2 nitrogen and oxygen atoms in total. The molecule has 0 radical (unpaired) electrons. The van der Waals surface area contributed by atoms with Crippen LogP contribution in [0.5, 0.6) is 5.75 Å². The Morgan fingerprint density at radius 1 is 1.07 bits per heavy atom. The lowest BCUT2D eigenvalue weighted by atomic mass is 10.1. The van der Waals surface area contributed by atoms with Gasteiger partial charge in [0.2, 0.25) is 0 Å². The van der Waals surface area contributed by atoms with Crippen molar-refractivity contribution in [2.24, 2.45) is 0 Å². The number of halogens is 1. The second kappa shape index (κ2) is 3.46. The molecule has 0 fully saturated rings. The Labute approximate surface area is 79.9 Å². The van der Waals surface area contributed by atoms with Crippen molar-refractivity contribution in [2.45, 2.75) is 0 Å². The SMILES string of the molecule is O=C(F)Oc1ccc2ccccc2c1. The first-order valence-corrected chi connectivity index (χ1v) is 4.12. The van der Waals surface area contributed by atoms with E-state index in [9.17, 15) is 9.18 Å². The molecule has 0 bridgehead atoms. The molecule has 0 heterocycles. The van der Waals surface area contributed by atoms with Crippen LogP contribution in [-0.2, 0) is 0 Å². The first kappa shape index (κ1) is 8.69. The van der Waals surface area contributed by atoms with Gasteiger partial charge in [-0.3, -0.25) is 0 Å². The van der Waals surface area contributed by atoms with Crippen LogP contribution in [0.25, 0.3) is 10.8 Å². The van der Waals surface area contributed by atoms with Crippen molar-refractivity contribution in [1.29, 1.82) is 0 Å². The van der Waals surface area contributed by atoms with Crippen molar-refractivity contribution >= 4 is 17.0 Å². The third-order valence-corrected chi connectivity index (χ3v) is 1.92. The van der Waals surface area contributed by atoms with Crippen LogP contribution in [0.4, 0.5) is 9.18 Å². The Bertz CT molecular complexity index is 479. The van der Waals surface area contributed by atoms with Gasteiger partial charge in [0.15, 0.2) is 0 Å². The van der Waals surface area contributed by atoms with Crippen molar-refractivity contribution in [3.05, 3.63) is 42.5 Å². The Morgan fingerprint density at radius 3 is 2.50 bits per heavy atom. The fraction of sp³-hybridized carbons (Fsp3) is 0. The normalized spacial score (nSPS) is 10.1. The minimum atomic E-state index is -1.79. The standard InChI is InChI=1S/C11H7FO2/c12-11(13)14-10-6-5-8-3-1-2-4-9(8)7-10/h1-7H. The number of hydrogen-bond acceptors (Lipinski definition) is 2. The van der Waals surface area contributed by atoms with Crippen LogP contribution in [0, 0.1) is 0 Å². The average molecular weight is 190 g/mol. The van der Waals surface area contributed by atoms with E-state index in [4.69, 9.17) is 0 Å². The molecule has 0 aliphatic carbocycles. The minimum Gasteiger partial charge on any atom is -0.401 e. The fourth-order valence-electron chi connectivity index (χ4n) is 1.32. The molecule has 14 heavy (non-hydrogen) atoms. The quantitative estimate of drug-likeness (QED) is 0.645. The summed E-state index contributed by atoms with van der Waals surface area (Å²) in [6.07, 6.45) is -1.79. The van der Waals surface area contributed by atoms with Gasteiger partial charge in [0.25, 0.3) is 0 Å². The van der Waals surface area contributed by atoms with Gasteiger partial charge in [0.1, 0.15) is 5.75 Å². The molecule has 0 aliphatic heterocycles. The van der Waals surface area contributed by atoms with E-state index < -0.39 is 6.22 Å².